The van der Waals surface area contributed by atoms with Gasteiger partial charge in [0.2, 0.25) is 0 Å². The summed E-state index contributed by atoms with van der Waals surface area (Å²) in [6.45, 7) is 7.83. The fourth-order valence-corrected chi connectivity index (χ4v) is 6.27. The molecule has 3 N–H and O–H groups in total. The van der Waals surface area contributed by atoms with Crippen molar-refractivity contribution in [1.82, 2.24) is 30.2 Å². The summed E-state index contributed by atoms with van der Waals surface area (Å²) in [5, 5.41) is 23.2. The first-order chi connectivity index (χ1) is 15.2. The summed E-state index contributed by atoms with van der Waals surface area (Å²) in [5.74, 6) is 0.963. The van der Waals surface area contributed by atoms with Crippen LogP contribution in [0, 0.1) is 11.3 Å². The van der Waals surface area contributed by atoms with Crippen LogP contribution < -0.4 is 5.32 Å². The van der Waals surface area contributed by atoms with E-state index in [9.17, 15) is 5.11 Å². The lowest BCUT2D eigenvalue weighted by Crippen LogP contribution is -2.73. The molecule has 6 heterocycles. The molecule has 9 heteroatoms. The molecule has 1 spiro atoms. The lowest BCUT2D eigenvalue weighted by atomic mass is 9.65. The molecule has 1 aromatic heterocycles. The van der Waals surface area contributed by atoms with Crippen LogP contribution in [0.3, 0.4) is 0 Å². The van der Waals surface area contributed by atoms with E-state index >= 15 is 0 Å². The molecular weight excluding hydrogens is 396 g/mol. The van der Waals surface area contributed by atoms with Gasteiger partial charge in [-0.2, -0.15) is 5.10 Å². The van der Waals surface area contributed by atoms with Crippen LogP contribution in [-0.4, -0.2) is 102 Å². The Morgan fingerprint density at radius 3 is 2.45 bits per heavy atom. The van der Waals surface area contributed by atoms with Crippen LogP contribution in [0.1, 0.15) is 25.0 Å². The molecule has 5 aliphatic rings. The van der Waals surface area contributed by atoms with Crippen molar-refractivity contribution in [3.8, 4) is 0 Å². The van der Waals surface area contributed by atoms with Gasteiger partial charge >= 0.3 is 0 Å². The van der Waals surface area contributed by atoms with Gasteiger partial charge in [-0.1, -0.05) is 0 Å². The Kier molecular flexibility index (Phi) is 4.72. The highest BCUT2D eigenvalue weighted by molar-refractivity contribution is 5.35. The average Bonchev–Trinajstić information content (AvgIpc) is 3.36. The number of H-pyrrole nitrogens is 1. The largest absolute Gasteiger partial charge is 0.378 e. The molecule has 5 aliphatic heterocycles. The predicted octanol–water partition coefficient (Wildman–Crippen LogP) is 0.0920. The first-order valence-electron chi connectivity index (χ1n) is 11.8. The maximum atomic E-state index is 12.5. The van der Waals surface area contributed by atoms with E-state index in [1.165, 1.54) is 25.0 Å². The first-order valence-corrected chi connectivity index (χ1v) is 11.8. The number of aromatic nitrogens is 2. The summed E-state index contributed by atoms with van der Waals surface area (Å²) < 4.78 is 12.0. The molecule has 9 nitrogen and oxygen atoms in total. The van der Waals surface area contributed by atoms with Gasteiger partial charge < -0.3 is 34.6 Å². The molecule has 170 valence electrons. The van der Waals surface area contributed by atoms with Crippen LogP contribution in [-0.2, 0) is 15.2 Å². The van der Waals surface area contributed by atoms with Crippen LogP contribution in [0.4, 0.5) is 0 Å². The number of hydrogen-bond donors (Lipinski definition) is 3. The van der Waals surface area contributed by atoms with Crippen LogP contribution >= 0.6 is 0 Å². The molecule has 0 saturated carbocycles. The Labute approximate surface area is 183 Å². The zero-order chi connectivity index (χ0) is 21.1. The van der Waals surface area contributed by atoms with Crippen LogP contribution in [0.5, 0.6) is 0 Å². The number of morpholine rings is 1. The molecule has 3 unspecified atom stereocenters. The third-order valence-corrected chi connectivity index (χ3v) is 8.10. The summed E-state index contributed by atoms with van der Waals surface area (Å²) in [7, 11) is 2.04. The first kappa shape index (κ1) is 19.8. The number of piperidine rings is 1. The summed E-state index contributed by atoms with van der Waals surface area (Å²) in [6.07, 6.45) is 5.34. The van der Waals surface area contributed by atoms with Crippen molar-refractivity contribution < 1.29 is 14.6 Å². The molecule has 4 fully saturated rings. The van der Waals surface area contributed by atoms with Gasteiger partial charge in [0.05, 0.1) is 43.2 Å². The predicted molar refractivity (Wildman–Crippen MR) is 114 cm³/mol. The number of nitrogens with zero attached hydrogens (tertiary/aromatic N) is 4. The van der Waals surface area contributed by atoms with Gasteiger partial charge in [-0.15, -0.1) is 0 Å². The summed E-state index contributed by atoms with van der Waals surface area (Å²) >= 11 is 0. The fraction of sp³-hybridized carbons (Fsp3) is 0.773. The minimum Gasteiger partial charge on any atom is -0.378 e. The van der Waals surface area contributed by atoms with Gasteiger partial charge in [0.1, 0.15) is 5.82 Å². The van der Waals surface area contributed by atoms with Crippen LogP contribution in [0.15, 0.2) is 23.8 Å². The summed E-state index contributed by atoms with van der Waals surface area (Å²) in [5.41, 5.74) is 0.829. The second-order valence-corrected chi connectivity index (χ2v) is 9.79. The van der Waals surface area contributed by atoms with Crippen molar-refractivity contribution >= 4 is 0 Å². The Hall–Kier alpha value is -1.81. The summed E-state index contributed by atoms with van der Waals surface area (Å²) in [6, 6.07) is 1.91. The van der Waals surface area contributed by atoms with Gasteiger partial charge in [-0.05, 0) is 25.3 Å². The van der Waals surface area contributed by atoms with Crippen molar-refractivity contribution in [2.45, 2.75) is 31.1 Å². The van der Waals surface area contributed by atoms with Gasteiger partial charge in [0.15, 0.2) is 5.72 Å². The smallest absolute Gasteiger partial charge is 0.193 e. The SMILES string of the molecule is CN1C(N2CCCCC2)=C(N2CCOCC2)C(C2OCC23CNC3)C1(O)c1ccn[nH]1. The second-order valence-electron chi connectivity index (χ2n) is 9.79. The lowest BCUT2D eigenvalue weighted by Gasteiger charge is -2.59. The number of hydrogen-bond acceptors (Lipinski definition) is 8. The minimum atomic E-state index is -1.23. The molecule has 0 bridgehead atoms. The highest BCUT2D eigenvalue weighted by atomic mass is 16.5. The number of aromatic amines is 1. The van der Waals surface area contributed by atoms with Gasteiger partial charge in [-0.3, -0.25) is 5.10 Å². The minimum absolute atomic E-state index is 0.0374. The van der Waals surface area contributed by atoms with Crippen molar-refractivity contribution in [3.63, 3.8) is 0 Å². The normalized spacial score (nSPS) is 35.5. The topological polar surface area (TPSA) is 89.1 Å². The van der Waals surface area contributed by atoms with Gasteiger partial charge in [0, 0.05) is 57.9 Å². The maximum absolute atomic E-state index is 12.5. The fourth-order valence-electron chi connectivity index (χ4n) is 6.27. The highest BCUT2D eigenvalue weighted by Gasteiger charge is 2.66. The Morgan fingerprint density at radius 1 is 1.10 bits per heavy atom. The van der Waals surface area contributed by atoms with E-state index < -0.39 is 5.72 Å². The third-order valence-electron chi connectivity index (χ3n) is 8.10. The Balaban J connectivity index is 1.50. The van der Waals surface area contributed by atoms with Crippen molar-refractivity contribution in [1.29, 1.82) is 0 Å². The summed E-state index contributed by atoms with van der Waals surface area (Å²) in [4.78, 5) is 7.03. The standard InChI is InChI=1S/C22H34N6O3/c1-26-20(28-7-3-2-4-8-28)18(27-9-11-30-12-10-27)17(19-21(15-31-19)13-23-14-21)22(26,29)16-5-6-24-25-16/h5-6,17,19,23,29H,2-4,7-15H2,1H3,(H,24,25). The van der Waals surface area contributed by atoms with E-state index in [4.69, 9.17) is 9.47 Å². The number of nitrogens with one attached hydrogen (secondary N) is 2. The molecule has 0 aliphatic carbocycles. The van der Waals surface area contributed by atoms with E-state index in [1.54, 1.807) is 6.20 Å². The van der Waals surface area contributed by atoms with Gasteiger partial charge in [0.25, 0.3) is 0 Å². The molecular formula is C22H34N6O3. The number of rotatable bonds is 4. The van der Waals surface area contributed by atoms with Crippen LogP contribution in [0.2, 0.25) is 0 Å². The number of likely N-dealkylation sites (tertiary alicyclic amines) is 1. The molecule has 0 aromatic carbocycles. The Morgan fingerprint density at radius 2 is 1.87 bits per heavy atom. The average molecular weight is 431 g/mol. The number of aliphatic hydroxyl groups is 1. The molecule has 31 heavy (non-hydrogen) atoms. The van der Waals surface area contributed by atoms with Crippen molar-refractivity contribution in [2.24, 2.45) is 11.3 Å². The molecule has 1 aromatic rings. The Bertz CT molecular complexity index is 823. The van der Waals surface area contributed by atoms with E-state index in [-0.39, 0.29) is 17.4 Å². The quantitative estimate of drug-likeness (QED) is 0.620. The van der Waals surface area contributed by atoms with Crippen molar-refractivity contribution in [3.05, 3.63) is 29.5 Å². The van der Waals surface area contributed by atoms with E-state index in [2.05, 4.69) is 30.2 Å². The third kappa shape index (κ3) is 2.79. The highest BCUT2D eigenvalue weighted by Crippen LogP contribution is 2.56. The van der Waals surface area contributed by atoms with Crippen LogP contribution in [0.25, 0.3) is 0 Å². The zero-order valence-corrected chi connectivity index (χ0v) is 18.3. The second kappa shape index (κ2) is 7.37. The van der Waals surface area contributed by atoms with E-state index in [0.29, 0.717) is 13.2 Å². The number of ether oxygens (including phenoxy) is 2. The maximum Gasteiger partial charge on any atom is 0.193 e. The zero-order valence-electron chi connectivity index (χ0n) is 18.3. The molecule has 3 atom stereocenters. The van der Waals surface area contributed by atoms with Gasteiger partial charge in [-0.25, -0.2) is 0 Å². The molecule has 6 rings (SSSR count). The van der Waals surface area contributed by atoms with E-state index in [1.807, 2.05) is 13.1 Å². The lowest BCUT2D eigenvalue weighted by molar-refractivity contribution is -0.266. The molecule has 0 radical (unpaired) electrons. The van der Waals surface area contributed by atoms with Crippen molar-refractivity contribution in [2.75, 3.05) is 66.1 Å². The van der Waals surface area contributed by atoms with E-state index in [0.717, 1.165) is 57.4 Å². The monoisotopic (exact) mass is 430 g/mol. The molecule has 4 saturated heterocycles. The molecule has 0 amide bonds.